The molecule has 1 aromatic heterocycles. The van der Waals surface area contributed by atoms with Gasteiger partial charge in [0.1, 0.15) is 11.5 Å². The number of cyclic esters (lactones) is 1. The van der Waals surface area contributed by atoms with E-state index in [9.17, 15) is 9.59 Å². The Morgan fingerprint density at radius 3 is 2.74 bits per heavy atom. The summed E-state index contributed by atoms with van der Waals surface area (Å²) in [6.45, 7) is 3.44. The average Bonchev–Trinajstić information content (AvgIpc) is 3.44. The monoisotopic (exact) mass is 478 g/mol. The first kappa shape index (κ1) is 22.8. The number of hydrogen-bond acceptors (Lipinski definition) is 9. The van der Waals surface area contributed by atoms with Gasteiger partial charge < -0.3 is 19.5 Å². The van der Waals surface area contributed by atoms with Gasteiger partial charge in [-0.25, -0.2) is 4.79 Å². The normalized spacial score (nSPS) is 19.0. The molecular weight excluding hydrogens is 452 g/mol. The van der Waals surface area contributed by atoms with Crippen molar-refractivity contribution in [3.05, 3.63) is 59.4 Å². The lowest BCUT2D eigenvalue weighted by Gasteiger charge is -2.39. The molecule has 2 N–H and O–H groups in total. The van der Waals surface area contributed by atoms with Crippen LogP contribution in [-0.2, 0) is 4.74 Å². The SMILES string of the molecule is COc1cc(OC(C)c2nn[nH]n2)ccc1C(=O)C1OC(=O)N(C2CCNCC2)c2ccccc21. The first-order valence-electron chi connectivity index (χ1n) is 11.5. The zero-order chi connectivity index (χ0) is 24.4. The minimum atomic E-state index is -1.07. The standard InChI is InChI=1S/C24H26N6O5/c1-14(23-26-28-29-27-23)34-16-7-8-18(20(13-16)33-2)21(31)22-17-5-3-4-6-19(17)30(24(32)35-22)15-9-11-25-12-10-15/h3-8,13-15,22,25H,9-12H2,1-2H3,(H,26,27,28,29). The molecule has 5 rings (SSSR count). The molecule has 1 amide bonds. The number of tetrazole rings is 1. The third kappa shape index (κ3) is 4.42. The number of ketones is 1. The third-order valence-corrected chi connectivity index (χ3v) is 6.28. The second-order valence-corrected chi connectivity index (χ2v) is 8.43. The molecule has 11 heteroatoms. The van der Waals surface area contributed by atoms with Crippen molar-refractivity contribution < 1.29 is 23.8 Å². The fraction of sp³-hybridized carbons (Fsp3) is 0.375. The number of Topliss-reactive ketones (excluding diaryl/α,β-unsaturated/α-hetero) is 1. The molecule has 3 aromatic rings. The number of aromatic amines is 1. The van der Waals surface area contributed by atoms with Crippen molar-refractivity contribution in [2.75, 3.05) is 25.1 Å². The Hall–Kier alpha value is -3.99. The summed E-state index contributed by atoms with van der Waals surface area (Å²) in [7, 11) is 1.47. The quantitative estimate of drug-likeness (QED) is 0.492. The molecule has 0 aliphatic carbocycles. The molecule has 2 aliphatic heterocycles. The van der Waals surface area contributed by atoms with Crippen LogP contribution < -0.4 is 19.7 Å². The molecule has 2 aliphatic rings. The van der Waals surface area contributed by atoms with Crippen molar-refractivity contribution in [3.8, 4) is 11.5 Å². The number of nitrogens with zero attached hydrogens (tertiary/aromatic N) is 4. The van der Waals surface area contributed by atoms with Gasteiger partial charge in [0.2, 0.25) is 11.6 Å². The second-order valence-electron chi connectivity index (χ2n) is 8.43. The van der Waals surface area contributed by atoms with Crippen LogP contribution in [0.15, 0.2) is 42.5 Å². The van der Waals surface area contributed by atoms with Crippen molar-refractivity contribution in [2.45, 2.75) is 38.0 Å². The highest BCUT2D eigenvalue weighted by Gasteiger charge is 2.41. The largest absolute Gasteiger partial charge is 0.496 e. The lowest BCUT2D eigenvalue weighted by molar-refractivity contribution is 0.0611. The maximum atomic E-state index is 13.6. The number of methoxy groups -OCH3 is 1. The number of carbonyl (C=O) groups is 2. The number of ether oxygens (including phenoxy) is 3. The van der Waals surface area contributed by atoms with Crippen LogP contribution in [0.3, 0.4) is 0 Å². The maximum Gasteiger partial charge on any atom is 0.415 e. The summed E-state index contributed by atoms with van der Waals surface area (Å²) in [5, 5.41) is 17.1. The van der Waals surface area contributed by atoms with Gasteiger partial charge in [0.05, 0.1) is 18.4 Å². The lowest BCUT2D eigenvalue weighted by Crippen LogP contribution is -2.49. The van der Waals surface area contributed by atoms with Gasteiger partial charge in [-0.05, 0) is 51.1 Å². The molecule has 0 radical (unpaired) electrons. The summed E-state index contributed by atoms with van der Waals surface area (Å²) in [4.78, 5) is 28.4. The highest BCUT2D eigenvalue weighted by atomic mass is 16.6. The zero-order valence-electron chi connectivity index (χ0n) is 19.4. The number of H-pyrrole nitrogens is 1. The Bertz CT molecular complexity index is 1210. The van der Waals surface area contributed by atoms with Crippen molar-refractivity contribution in [1.82, 2.24) is 25.9 Å². The van der Waals surface area contributed by atoms with Crippen molar-refractivity contribution in [2.24, 2.45) is 0 Å². The molecule has 35 heavy (non-hydrogen) atoms. The van der Waals surface area contributed by atoms with E-state index >= 15 is 0 Å². The Morgan fingerprint density at radius 2 is 2.00 bits per heavy atom. The molecule has 2 unspecified atom stereocenters. The summed E-state index contributed by atoms with van der Waals surface area (Å²) < 4.78 is 17.1. The highest BCUT2D eigenvalue weighted by molar-refractivity contribution is 6.06. The maximum absolute atomic E-state index is 13.6. The number of hydrogen-bond donors (Lipinski definition) is 2. The number of amides is 1. The predicted octanol–water partition coefficient (Wildman–Crippen LogP) is 2.98. The van der Waals surface area contributed by atoms with Crippen LogP contribution in [0.4, 0.5) is 10.5 Å². The smallest absolute Gasteiger partial charge is 0.415 e. The molecule has 2 aromatic carbocycles. The van der Waals surface area contributed by atoms with Gasteiger partial charge in [0.15, 0.2) is 12.2 Å². The van der Waals surface area contributed by atoms with E-state index in [1.807, 2.05) is 24.3 Å². The van der Waals surface area contributed by atoms with Gasteiger partial charge >= 0.3 is 6.09 Å². The van der Waals surface area contributed by atoms with E-state index in [4.69, 9.17) is 14.2 Å². The second kappa shape index (κ2) is 9.71. The van der Waals surface area contributed by atoms with E-state index in [-0.39, 0.29) is 17.4 Å². The average molecular weight is 479 g/mol. The Kier molecular flexibility index (Phi) is 6.32. The van der Waals surface area contributed by atoms with Crippen LogP contribution in [0.2, 0.25) is 0 Å². The number of nitrogens with one attached hydrogen (secondary N) is 2. The molecule has 1 fully saturated rings. The summed E-state index contributed by atoms with van der Waals surface area (Å²) in [5.41, 5.74) is 1.65. The minimum Gasteiger partial charge on any atom is -0.496 e. The molecule has 1 saturated heterocycles. The Labute approximate surface area is 201 Å². The zero-order valence-corrected chi connectivity index (χ0v) is 19.4. The van der Waals surface area contributed by atoms with Crippen molar-refractivity contribution in [1.29, 1.82) is 0 Å². The van der Waals surface area contributed by atoms with Gasteiger partial charge in [-0.1, -0.05) is 23.4 Å². The van der Waals surface area contributed by atoms with Crippen LogP contribution in [0.5, 0.6) is 11.5 Å². The van der Waals surface area contributed by atoms with Gasteiger partial charge in [0.25, 0.3) is 0 Å². The van der Waals surface area contributed by atoms with E-state index in [1.54, 1.807) is 30.0 Å². The first-order valence-corrected chi connectivity index (χ1v) is 11.5. The summed E-state index contributed by atoms with van der Waals surface area (Å²) >= 11 is 0. The van der Waals surface area contributed by atoms with Crippen LogP contribution in [0.1, 0.15) is 53.7 Å². The molecule has 182 valence electrons. The van der Waals surface area contributed by atoms with E-state index in [1.165, 1.54) is 7.11 Å². The van der Waals surface area contributed by atoms with Crippen LogP contribution in [0, 0.1) is 0 Å². The summed E-state index contributed by atoms with van der Waals surface area (Å²) in [6, 6.07) is 12.3. The molecular formula is C24H26N6O5. The van der Waals surface area contributed by atoms with E-state index in [2.05, 4.69) is 25.9 Å². The molecule has 2 atom stereocenters. The molecule has 11 nitrogen and oxygen atoms in total. The van der Waals surface area contributed by atoms with Crippen molar-refractivity contribution in [3.63, 3.8) is 0 Å². The number of para-hydroxylation sites is 1. The summed E-state index contributed by atoms with van der Waals surface area (Å²) in [5.74, 6) is 0.800. The first-order chi connectivity index (χ1) is 17.1. The minimum absolute atomic E-state index is 0.0214. The van der Waals surface area contributed by atoms with Crippen LogP contribution >= 0.6 is 0 Å². The number of aromatic nitrogens is 4. The third-order valence-electron chi connectivity index (χ3n) is 6.28. The summed E-state index contributed by atoms with van der Waals surface area (Å²) in [6.07, 6.45) is -0.413. The van der Waals surface area contributed by atoms with E-state index in [0.29, 0.717) is 28.6 Å². The van der Waals surface area contributed by atoms with E-state index < -0.39 is 18.3 Å². The van der Waals surface area contributed by atoms with Gasteiger partial charge in [-0.3, -0.25) is 9.69 Å². The molecule has 0 bridgehead atoms. The number of fused-ring (bicyclic) bond motifs is 1. The highest BCUT2D eigenvalue weighted by Crippen LogP contribution is 2.40. The topological polar surface area (TPSA) is 132 Å². The van der Waals surface area contributed by atoms with Crippen molar-refractivity contribution >= 4 is 17.6 Å². The molecule has 3 heterocycles. The number of rotatable bonds is 7. The molecule has 0 spiro atoms. The van der Waals surface area contributed by atoms with Gasteiger partial charge in [0, 0.05) is 17.7 Å². The van der Waals surface area contributed by atoms with Gasteiger partial charge in [-0.15, -0.1) is 10.2 Å². The Morgan fingerprint density at radius 1 is 1.20 bits per heavy atom. The number of anilines is 1. The molecule has 0 saturated carbocycles. The lowest BCUT2D eigenvalue weighted by atomic mass is 9.94. The van der Waals surface area contributed by atoms with Crippen LogP contribution in [0.25, 0.3) is 0 Å². The fourth-order valence-corrected chi connectivity index (χ4v) is 4.54. The van der Waals surface area contributed by atoms with Crippen LogP contribution in [-0.4, -0.2) is 58.7 Å². The van der Waals surface area contributed by atoms with E-state index in [0.717, 1.165) is 25.9 Å². The fourth-order valence-electron chi connectivity index (χ4n) is 4.54. The van der Waals surface area contributed by atoms with Gasteiger partial charge in [-0.2, -0.15) is 5.21 Å². The number of carbonyl (C=O) groups excluding carboxylic acids is 2. The number of benzene rings is 2. The predicted molar refractivity (Wildman–Crippen MR) is 125 cm³/mol. The number of piperidine rings is 1. The Balaban J connectivity index is 1.42.